The fourth-order valence-corrected chi connectivity index (χ4v) is 3.04. The number of carbonyl (C=O) groups is 2. The number of carboxylic acid groups (broad SMARTS) is 1. The number of carbonyl (C=O) groups excluding carboxylic acids is 1. The molecule has 0 spiro atoms. The highest BCUT2D eigenvalue weighted by Crippen LogP contribution is 2.23. The molecule has 3 aromatic rings. The Hall–Kier alpha value is -2.96. The zero-order valence-electron chi connectivity index (χ0n) is 15.3. The molecule has 0 bridgehead atoms. The molecule has 0 saturated heterocycles. The Morgan fingerprint density at radius 2 is 1.92 bits per heavy atom. The number of benzene rings is 1. The third-order valence-corrected chi connectivity index (χ3v) is 4.61. The van der Waals surface area contributed by atoms with E-state index >= 15 is 0 Å². The summed E-state index contributed by atoms with van der Waals surface area (Å²) in [6, 6.07) is 7.83. The van der Waals surface area contributed by atoms with Crippen LogP contribution >= 0.6 is 0 Å². The van der Waals surface area contributed by atoms with Crippen molar-refractivity contribution in [2.24, 2.45) is 0 Å². The van der Waals surface area contributed by atoms with Crippen LogP contribution in [0.25, 0.3) is 16.6 Å². The summed E-state index contributed by atoms with van der Waals surface area (Å²) in [6.07, 6.45) is 0.657. The molecule has 0 aliphatic carbocycles. The van der Waals surface area contributed by atoms with Crippen molar-refractivity contribution >= 4 is 28.4 Å². The fraction of sp³-hybridized carbons (Fsp3) is 0.368. The van der Waals surface area contributed by atoms with Crippen LogP contribution in [0.4, 0.5) is 0 Å². The van der Waals surface area contributed by atoms with Crippen LogP contribution in [0.5, 0.6) is 0 Å². The van der Waals surface area contributed by atoms with Gasteiger partial charge in [0.15, 0.2) is 5.65 Å². The van der Waals surface area contributed by atoms with E-state index in [0.717, 1.165) is 33.5 Å². The molecule has 2 aromatic heterocycles. The van der Waals surface area contributed by atoms with Crippen molar-refractivity contribution in [3.63, 3.8) is 0 Å². The van der Waals surface area contributed by atoms with Crippen molar-refractivity contribution < 1.29 is 14.7 Å². The number of aryl methyl sites for hydroxylation is 2. The van der Waals surface area contributed by atoms with E-state index in [9.17, 15) is 9.59 Å². The molecule has 26 heavy (non-hydrogen) atoms. The number of nitrogens with one attached hydrogen (secondary N) is 1. The monoisotopic (exact) mass is 354 g/mol. The van der Waals surface area contributed by atoms with Crippen LogP contribution in [0.1, 0.15) is 37.2 Å². The van der Waals surface area contributed by atoms with E-state index < -0.39 is 11.5 Å². The number of aromatic nitrogens is 3. The second-order valence-corrected chi connectivity index (χ2v) is 6.99. The van der Waals surface area contributed by atoms with Gasteiger partial charge in [-0.3, -0.25) is 4.79 Å². The number of aliphatic carboxylic acids is 1. The van der Waals surface area contributed by atoms with Gasteiger partial charge in [-0.05, 0) is 51.8 Å². The molecule has 7 nitrogen and oxygen atoms in total. The molecule has 1 aromatic carbocycles. The van der Waals surface area contributed by atoms with Crippen molar-refractivity contribution in [2.75, 3.05) is 0 Å². The van der Waals surface area contributed by atoms with Gasteiger partial charge in [0.2, 0.25) is 5.91 Å². The van der Waals surface area contributed by atoms with Crippen molar-refractivity contribution in [1.29, 1.82) is 0 Å². The summed E-state index contributed by atoms with van der Waals surface area (Å²) in [5, 5.41) is 17.3. The Balaban J connectivity index is 1.88. The second-order valence-electron chi connectivity index (χ2n) is 6.99. The van der Waals surface area contributed by atoms with Gasteiger partial charge in [-0.2, -0.15) is 5.10 Å². The third-order valence-electron chi connectivity index (χ3n) is 4.61. The highest BCUT2D eigenvalue weighted by atomic mass is 16.4. The van der Waals surface area contributed by atoms with E-state index in [1.165, 1.54) is 13.8 Å². The van der Waals surface area contributed by atoms with Gasteiger partial charge in [0.25, 0.3) is 0 Å². The van der Waals surface area contributed by atoms with E-state index in [4.69, 9.17) is 5.11 Å². The predicted octanol–water partition coefficient (Wildman–Crippen LogP) is 2.41. The highest BCUT2D eigenvalue weighted by molar-refractivity contribution is 5.92. The molecule has 0 atom stereocenters. The topological polar surface area (TPSA) is 96.6 Å². The number of nitrogens with zero attached hydrogens (tertiary/aromatic N) is 3. The van der Waals surface area contributed by atoms with Crippen molar-refractivity contribution in [2.45, 2.75) is 46.1 Å². The number of hydrogen-bond donors (Lipinski definition) is 2. The van der Waals surface area contributed by atoms with E-state index in [1.54, 1.807) is 0 Å². The molecule has 0 aliphatic rings. The number of amides is 1. The maximum Gasteiger partial charge on any atom is 0.328 e. The van der Waals surface area contributed by atoms with E-state index in [2.05, 4.69) is 15.4 Å². The summed E-state index contributed by atoms with van der Waals surface area (Å²) in [7, 11) is 0. The summed E-state index contributed by atoms with van der Waals surface area (Å²) in [5.41, 5.74) is 3.13. The van der Waals surface area contributed by atoms with Crippen LogP contribution in [0.2, 0.25) is 0 Å². The standard InChI is InChI=1S/C19H22N4O3/c1-11-13(9-10-16(24)21-19(3,4)18(25)26)12(2)23-17(20-11)14-7-5-6-8-15(14)22-23/h5-8H,9-10H2,1-4H3,(H,21,24)(H,25,26). The lowest BCUT2D eigenvalue weighted by Gasteiger charge is -2.21. The minimum absolute atomic E-state index is 0.187. The molecule has 0 aliphatic heterocycles. The summed E-state index contributed by atoms with van der Waals surface area (Å²) in [6.45, 7) is 6.81. The zero-order valence-corrected chi connectivity index (χ0v) is 15.3. The van der Waals surface area contributed by atoms with Crippen LogP contribution < -0.4 is 5.32 Å². The van der Waals surface area contributed by atoms with E-state index in [-0.39, 0.29) is 12.3 Å². The minimum atomic E-state index is -1.29. The van der Waals surface area contributed by atoms with Crippen molar-refractivity contribution in [3.05, 3.63) is 41.2 Å². The lowest BCUT2D eigenvalue weighted by atomic mass is 10.0. The molecular weight excluding hydrogens is 332 g/mol. The Labute approximate surface area is 151 Å². The molecule has 0 unspecified atom stereocenters. The quantitative estimate of drug-likeness (QED) is 0.733. The van der Waals surface area contributed by atoms with Gasteiger partial charge in [-0.15, -0.1) is 0 Å². The normalized spacial score (nSPS) is 11.8. The molecular formula is C19H22N4O3. The number of carboxylic acids is 1. The first-order chi connectivity index (χ1) is 12.2. The number of hydrogen-bond acceptors (Lipinski definition) is 4. The van der Waals surface area contributed by atoms with Gasteiger partial charge in [-0.1, -0.05) is 12.1 Å². The van der Waals surface area contributed by atoms with Crippen LogP contribution in [-0.2, 0) is 16.0 Å². The van der Waals surface area contributed by atoms with E-state index in [1.807, 2.05) is 42.6 Å². The molecule has 3 rings (SSSR count). The molecule has 0 fully saturated rings. The average Bonchev–Trinajstić information content (AvgIpc) is 2.93. The minimum Gasteiger partial charge on any atom is -0.480 e. The molecule has 0 radical (unpaired) electrons. The summed E-state index contributed by atoms with van der Waals surface area (Å²) in [5.74, 6) is -1.37. The van der Waals surface area contributed by atoms with Crippen molar-refractivity contribution in [3.8, 4) is 0 Å². The fourth-order valence-electron chi connectivity index (χ4n) is 3.04. The first-order valence-electron chi connectivity index (χ1n) is 8.48. The Morgan fingerprint density at radius 3 is 2.62 bits per heavy atom. The summed E-state index contributed by atoms with van der Waals surface area (Å²) < 4.78 is 1.81. The van der Waals surface area contributed by atoms with E-state index in [0.29, 0.717) is 6.42 Å². The van der Waals surface area contributed by atoms with Gasteiger partial charge in [0.05, 0.1) is 5.52 Å². The van der Waals surface area contributed by atoms with Gasteiger partial charge in [0, 0.05) is 23.2 Å². The molecule has 2 heterocycles. The van der Waals surface area contributed by atoms with Gasteiger partial charge < -0.3 is 10.4 Å². The van der Waals surface area contributed by atoms with Gasteiger partial charge in [-0.25, -0.2) is 14.3 Å². The van der Waals surface area contributed by atoms with Crippen LogP contribution in [0.3, 0.4) is 0 Å². The molecule has 0 saturated carbocycles. The smallest absolute Gasteiger partial charge is 0.328 e. The van der Waals surface area contributed by atoms with Crippen molar-refractivity contribution in [1.82, 2.24) is 19.9 Å². The van der Waals surface area contributed by atoms with Gasteiger partial charge >= 0.3 is 5.97 Å². The maximum atomic E-state index is 12.1. The summed E-state index contributed by atoms with van der Waals surface area (Å²) in [4.78, 5) is 28.0. The predicted molar refractivity (Wildman–Crippen MR) is 98.1 cm³/mol. The van der Waals surface area contributed by atoms with Crippen LogP contribution in [-0.4, -0.2) is 37.1 Å². The average molecular weight is 354 g/mol. The number of rotatable bonds is 5. The Kier molecular flexibility index (Phi) is 4.39. The molecule has 1 amide bonds. The SMILES string of the molecule is Cc1nc2c3ccccc3nn2c(C)c1CCC(=O)NC(C)(C)C(=O)O. The lowest BCUT2D eigenvalue weighted by molar-refractivity contribution is -0.146. The summed E-state index contributed by atoms with van der Waals surface area (Å²) >= 11 is 0. The Morgan fingerprint density at radius 1 is 1.23 bits per heavy atom. The largest absolute Gasteiger partial charge is 0.480 e. The maximum absolute atomic E-state index is 12.1. The Bertz CT molecular complexity index is 1020. The van der Waals surface area contributed by atoms with Crippen LogP contribution in [0.15, 0.2) is 24.3 Å². The second kappa shape index (κ2) is 6.40. The zero-order chi connectivity index (χ0) is 19.1. The van der Waals surface area contributed by atoms with Gasteiger partial charge in [0.1, 0.15) is 5.54 Å². The molecule has 2 N–H and O–H groups in total. The van der Waals surface area contributed by atoms with Crippen LogP contribution in [0, 0.1) is 13.8 Å². The first kappa shape index (κ1) is 17.8. The molecule has 7 heteroatoms. The lowest BCUT2D eigenvalue weighted by Crippen LogP contribution is -2.49. The first-order valence-corrected chi connectivity index (χ1v) is 8.48. The third kappa shape index (κ3) is 3.12. The highest BCUT2D eigenvalue weighted by Gasteiger charge is 2.28. The number of fused-ring (bicyclic) bond motifs is 3. The molecule has 136 valence electrons.